The van der Waals surface area contributed by atoms with Gasteiger partial charge in [-0.1, -0.05) is 79.4 Å². The third kappa shape index (κ3) is 11.5. The molecule has 4 heteroatoms. The summed E-state index contributed by atoms with van der Waals surface area (Å²) in [6, 6.07) is 26.2. The van der Waals surface area contributed by atoms with Crippen LogP contribution in [-0.2, 0) is 19.6 Å². The number of rotatable bonds is 18. The lowest BCUT2D eigenvalue weighted by molar-refractivity contribution is -0.903. The Kier molecular flexibility index (Phi) is 12.2. The Balaban J connectivity index is 1.26. The summed E-state index contributed by atoms with van der Waals surface area (Å²) in [4.78, 5) is 0. The minimum Gasteiger partial charge on any atom is -0.658 e. The summed E-state index contributed by atoms with van der Waals surface area (Å²) in [6.07, 6.45) is 6.01. The smallest absolute Gasteiger partial charge is 0.104 e. The molecule has 0 spiro atoms. The normalized spacial score (nSPS) is 11.8. The van der Waals surface area contributed by atoms with Gasteiger partial charge >= 0.3 is 0 Å². The maximum Gasteiger partial charge on any atom is 0.104 e. The molecule has 0 amide bonds. The summed E-state index contributed by atoms with van der Waals surface area (Å²) < 4.78 is 1.95. The van der Waals surface area contributed by atoms with Gasteiger partial charge in [-0.15, -0.1) is 31.8 Å². The van der Waals surface area contributed by atoms with Crippen LogP contribution in [0.5, 0.6) is 0 Å². The first kappa shape index (κ1) is 31.4. The van der Waals surface area contributed by atoms with Crippen molar-refractivity contribution in [3.8, 4) is 0 Å². The first-order valence-electron chi connectivity index (χ1n) is 14.5. The molecule has 0 bridgehead atoms. The molecule has 3 aromatic carbocycles. The van der Waals surface area contributed by atoms with Gasteiger partial charge in [-0.2, -0.15) is 17.7 Å². The molecule has 0 aliphatic carbocycles. The van der Waals surface area contributed by atoms with Crippen LogP contribution in [0.2, 0.25) is 0 Å². The van der Waals surface area contributed by atoms with E-state index < -0.39 is 0 Å². The molecule has 0 radical (unpaired) electrons. The van der Waals surface area contributed by atoms with E-state index in [0.29, 0.717) is 0 Å². The van der Waals surface area contributed by atoms with Gasteiger partial charge in [-0.25, -0.2) is 0 Å². The van der Waals surface area contributed by atoms with E-state index in [1.54, 1.807) is 0 Å². The largest absolute Gasteiger partial charge is 0.658 e. The van der Waals surface area contributed by atoms with Crippen LogP contribution in [-0.4, -0.2) is 63.3 Å². The number of quaternary nitrogens is 2. The predicted molar refractivity (Wildman–Crippen MR) is 173 cm³/mol. The van der Waals surface area contributed by atoms with Crippen molar-refractivity contribution < 1.29 is 8.97 Å². The Morgan fingerprint density at radius 3 is 1.65 bits per heavy atom. The second kappa shape index (κ2) is 15.6. The zero-order valence-corrected chi connectivity index (χ0v) is 25.3. The van der Waals surface area contributed by atoms with Crippen LogP contribution in [0, 0.1) is 6.54 Å². The fourth-order valence-electron chi connectivity index (χ4n) is 5.00. The van der Waals surface area contributed by atoms with E-state index in [1.165, 1.54) is 33.4 Å². The van der Waals surface area contributed by atoms with Crippen LogP contribution in [0.1, 0.15) is 46.2 Å². The van der Waals surface area contributed by atoms with Crippen molar-refractivity contribution in [3.63, 3.8) is 0 Å². The molecule has 40 heavy (non-hydrogen) atoms. The SMILES string of the molecule is C=Cc1ccc(C[N+](C)(C)CCC[N-]Cc2ccc([CH-]NCCC[N+](C)(C)Cc3ccc(C=C)cc3)cc2)cc1. The van der Waals surface area contributed by atoms with E-state index in [4.69, 9.17) is 5.32 Å². The van der Waals surface area contributed by atoms with E-state index in [1.807, 2.05) is 12.2 Å². The molecule has 4 nitrogen and oxygen atoms in total. The first-order chi connectivity index (χ1) is 19.2. The summed E-state index contributed by atoms with van der Waals surface area (Å²) in [5.74, 6) is 0. The van der Waals surface area contributed by atoms with Crippen molar-refractivity contribution in [1.82, 2.24) is 5.32 Å². The minimum atomic E-state index is 0.785. The van der Waals surface area contributed by atoms with Crippen LogP contribution >= 0.6 is 0 Å². The molecule has 214 valence electrons. The molecule has 0 atom stereocenters. The van der Waals surface area contributed by atoms with Crippen LogP contribution in [0.15, 0.2) is 86.0 Å². The van der Waals surface area contributed by atoms with Crippen molar-refractivity contribution in [2.45, 2.75) is 32.5 Å². The lowest BCUT2D eigenvalue weighted by Gasteiger charge is -2.31. The summed E-state index contributed by atoms with van der Waals surface area (Å²) >= 11 is 0. The quantitative estimate of drug-likeness (QED) is 0.103. The van der Waals surface area contributed by atoms with Gasteiger partial charge in [0.15, 0.2) is 0 Å². The highest BCUT2D eigenvalue weighted by Gasteiger charge is 2.15. The van der Waals surface area contributed by atoms with Crippen LogP contribution < -0.4 is 5.32 Å². The molecule has 3 aromatic rings. The van der Waals surface area contributed by atoms with Gasteiger partial charge in [0.2, 0.25) is 0 Å². The molecule has 0 fully saturated rings. The summed E-state index contributed by atoms with van der Waals surface area (Å²) in [6.45, 7) is 16.8. The van der Waals surface area contributed by atoms with Crippen molar-refractivity contribution >= 4 is 12.2 Å². The number of hydrogen-bond acceptors (Lipinski definition) is 1. The van der Waals surface area contributed by atoms with Gasteiger partial charge in [-0.05, 0) is 24.1 Å². The predicted octanol–water partition coefficient (Wildman–Crippen LogP) is 7.28. The van der Waals surface area contributed by atoms with Crippen molar-refractivity contribution in [3.05, 3.63) is 131 Å². The average Bonchev–Trinajstić information content (AvgIpc) is 2.94. The van der Waals surface area contributed by atoms with Crippen molar-refractivity contribution in [2.24, 2.45) is 0 Å². The van der Waals surface area contributed by atoms with E-state index in [0.717, 1.165) is 67.6 Å². The zero-order chi connectivity index (χ0) is 28.8. The van der Waals surface area contributed by atoms with E-state index >= 15 is 0 Å². The van der Waals surface area contributed by atoms with E-state index in [-0.39, 0.29) is 0 Å². The lowest BCUT2D eigenvalue weighted by Crippen LogP contribution is -2.40. The van der Waals surface area contributed by atoms with Crippen molar-refractivity contribution in [1.29, 1.82) is 0 Å². The molecule has 3 rings (SSSR count). The molecule has 0 aromatic heterocycles. The Hall–Kier alpha value is -3.15. The molecular weight excluding hydrogens is 488 g/mol. The van der Waals surface area contributed by atoms with Crippen molar-refractivity contribution in [2.75, 3.05) is 54.4 Å². The second-order valence-corrected chi connectivity index (χ2v) is 12.2. The maximum atomic E-state index is 4.80. The van der Waals surface area contributed by atoms with Gasteiger partial charge in [0.05, 0.1) is 41.3 Å². The average molecular weight is 539 g/mol. The fourth-order valence-corrected chi connectivity index (χ4v) is 5.00. The number of benzene rings is 3. The summed E-state index contributed by atoms with van der Waals surface area (Å²) in [5.41, 5.74) is 7.57. The fraction of sp³-hybridized carbons (Fsp3) is 0.361. The summed E-state index contributed by atoms with van der Waals surface area (Å²) in [5, 5.41) is 8.29. The molecule has 0 aliphatic heterocycles. The highest BCUT2D eigenvalue weighted by atomic mass is 15.3. The van der Waals surface area contributed by atoms with E-state index in [2.05, 4.69) is 126 Å². The van der Waals surface area contributed by atoms with Gasteiger partial charge in [0, 0.05) is 17.5 Å². The monoisotopic (exact) mass is 538 g/mol. The van der Waals surface area contributed by atoms with Gasteiger partial charge in [0.1, 0.15) is 13.1 Å². The standard InChI is InChI=1S/C36H50N4/c1-7-31-11-19-35(20-12-31)29-39(3,4)25-9-23-37-27-33-15-17-34(18-16-33)28-38-24-10-26-40(5,6)30-36-21-13-32(8-2)14-22-36/h7-8,11-22,27,37H,1-2,9-10,23-26,28-30H2,3-6H3. The first-order valence-corrected chi connectivity index (χ1v) is 14.5. The topological polar surface area (TPSA) is 26.1 Å². The molecular formula is C36H50N4. The van der Waals surface area contributed by atoms with Crippen LogP contribution in [0.3, 0.4) is 0 Å². The number of nitrogens with one attached hydrogen (secondary N) is 1. The second-order valence-electron chi connectivity index (χ2n) is 12.2. The van der Waals surface area contributed by atoms with E-state index in [9.17, 15) is 0 Å². The van der Waals surface area contributed by atoms with Gasteiger partial charge < -0.3 is 19.6 Å². The molecule has 1 N–H and O–H groups in total. The minimum absolute atomic E-state index is 0.785. The third-order valence-corrected chi connectivity index (χ3v) is 7.36. The molecule has 0 saturated heterocycles. The molecule has 0 aliphatic rings. The Labute approximate surface area is 244 Å². The van der Waals surface area contributed by atoms with Gasteiger partial charge in [0.25, 0.3) is 0 Å². The van der Waals surface area contributed by atoms with Gasteiger partial charge in [-0.3, -0.25) is 0 Å². The maximum absolute atomic E-state index is 4.80. The Bertz CT molecular complexity index is 1060. The number of hydrogen-bond donors (Lipinski definition) is 1. The highest BCUT2D eigenvalue weighted by molar-refractivity contribution is 5.47. The number of nitrogens with zero attached hydrogens (tertiary/aromatic N) is 3. The molecule has 0 saturated carbocycles. The lowest BCUT2D eigenvalue weighted by atomic mass is 10.1. The third-order valence-electron chi connectivity index (χ3n) is 7.36. The molecule has 0 unspecified atom stereocenters. The van der Waals surface area contributed by atoms with Crippen LogP contribution in [0.25, 0.3) is 17.5 Å². The Morgan fingerprint density at radius 1 is 0.675 bits per heavy atom. The molecule has 0 heterocycles. The summed E-state index contributed by atoms with van der Waals surface area (Å²) in [7, 11) is 9.21. The highest BCUT2D eigenvalue weighted by Crippen LogP contribution is 2.15. The van der Waals surface area contributed by atoms with Crippen LogP contribution in [0.4, 0.5) is 0 Å². The zero-order valence-electron chi connectivity index (χ0n) is 25.3. The Morgan fingerprint density at radius 2 is 1.15 bits per heavy atom.